The van der Waals surface area contributed by atoms with Gasteiger partial charge >= 0.3 is 0 Å². The third-order valence-electron chi connectivity index (χ3n) is 3.48. The number of aryl methyl sites for hydroxylation is 1. The van der Waals surface area contributed by atoms with Crippen molar-refractivity contribution in [2.45, 2.75) is 33.4 Å². The molecule has 0 aliphatic heterocycles. The van der Waals surface area contributed by atoms with E-state index in [1.165, 1.54) is 5.56 Å². The topological polar surface area (TPSA) is 25.6 Å². The van der Waals surface area contributed by atoms with Gasteiger partial charge in [-0.2, -0.15) is 0 Å². The molecule has 0 radical (unpaired) electrons. The van der Waals surface area contributed by atoms with Crippen molar-refractivity contribution in [1.29, 1.82) is 0 Å². The first-order valence-corrected chi connectivity index (χ1v) is 7.18. The molecule has 2 rings (SSSR count). The third kappa shape index (κ3) is 3.64. The quantitative estimate of drug-likeness (QED) is 0.765. The smallest absolute Gasteiger partial charge is 0.123 e. The molecule has 0 atom stereocenters. The van der Waals surface area contributed by atoms with E-state index in [-0.39, 0.29) is 0 Å². The second-order valence-corrected chi connectivity index (χ2v) is 4.84. The van der Waals surface area contributed by atoms with Crippen molar-refractivity contribution in [2.24, 2.45) is 0 Å². The van der Waals surface area contributed by atoms with Crippen LogP contribution >= 0.6 is 0 Å². The molecule has 2 aromatic rings. The lowest BCUT2D eigenvalue weighted by Crippen LogP contribution is -2.22. The molecule has 20 heavy (non-hydrogen) atoms. The predicted molar refractivity (Wildman–Crippen MR) is 80.9 cm³/mol. The van der Waals surface area contributed by atoms with Gasteiger partial charge in [-0.3, -0.25) is 4.90 Å². The van der Waals surface area contributed by atoms with Crippen LogP contribution < -0.4 is 4.74 Å². The van der Waals surface area contributed by atoms with Crippen molar-refractivity contribution in [3.05, 3.63) is 53.5 Å². The van der Waals surface area contributed by atoms with Gasteiger partial charge in [0.1, 0.15) is 17.3 Å². The standard InChI is InChI=1S/C17H23NO2/c1-4-15-10-11-16(20-15)13-18(5-2)12-14-8-6-7-9-17(14)19-3/h6-11H,4-5,12-13H2,1-3H3. The number of methoxy groups -OCH3 is 1. The average molecular weight is 273 g/mol. The molecule has 1 heterocycles. The summed E-state index contributed by atoms with van der Waals surface area (Å²) in [6.07, 6.45) is 0.943. The summed E-state index contributed by atoms with van der Waals surface area (Å²) in [5, 5.41) is 0. The zero-order valence-electron chi connectivity index (χ0n) is 12.6. The number of ether oxygens (including phenoxy) is 1. The summed E-state index contributed by atoms with van der Waals surface area (Å²) in [6, 6.07) is 12.3. The molecule has 0 saturated heterocycles. The van der Waals surface area contributed by atoms with E-state index in [4.69, 9.17) is 9.15 Å². The highest BCUT2D eigenvalue weighted by atomic mass is 16.5. The van der Waals surface area contributed by atoms with E-state index in [0.29, 0.717) is 0 Å². The van der Waals surface area contributed by atoms with Crippen molar-refractivity contribution >= 4 is 0 Å². The second kappa shape index (κ2) is 7.15. The lowest BCUT2D eigenvalue weighted by Gasteiger charge is -2.20. The molecular formula is C17H23NO2. The minimum absolute atomic E-state index is 0.828. The van der Waals surface area contributed by atoms with Crippen LogP contribution in [0.15, 0.2) is 40.8 Å². The molecule has 0 aliphatic carbocycles. The van der Waals surface area contributed by atoms with Gasteiger partial charge in [-0.1, -0.05) is 32.0 Å². The van der Waals surface area contributed by atoms with Crippen LogP contribution in [0, 0.1) is 0 Å². The molecule has 3 nitrogen and oxygen atoms in total. The van der Waals surface area contributed by atoms with E-state index in [9.17, 15) is 0 Å². The Morgan fingerprint density at radius 2 is 1.75 bits per heavy atom. The van der Waals surface area contributed by atoms with Crippen LogP contribution in [0.4, 0.5) is 0 Å². The van der Waals surface area contributed by atoms with E-state index in [0.717, 1.165) is 43.3 Å². The fraction of sp³-hybridized carbons (Fsp3) is 0.412. The molecule has 0 bridgehead atoms. The maximum Gasteiger partial charge on any atom is 0.123 e. The molecule has 1 aromatic heterocycles. The van der Waals surface area contributed by atoms with Crippen molar-refractivity contribution in [3.63, 3.8) is 0 Å². The summed E-state index contributed by atoms with van der Waals surface area (Å²) in [6.45, 7) is 6.94. The summed E-state index contributed by atoms with van der Waals surface area (Å²) in [7, 11) is 1.72. The van der Waals surface area contributed by atoms with Gasteiger partial charge in [-0.05, 0) is 24.7 Å². The van der Waals surface area contributed by atoms with Gasteiger partial charge in [0.2, 0.25) is 0 Å². The van der Waals surface area contributed by atoms with Crippen LogP contribution in [0.2, 0.25) is 0 Å². The number of benzene rings is 1. The monoisotopic (exact) mass is 273 g/mol. The lowest BCUT2D eigenvalue weighted by atomic mass is 10.2. The number of nitrogens with zero attached hydrogens (tertiary/aromatic N) is 1. The Labute approximate surface area is 121 Å². The Balaban J connectivity index is 2.05. The highest BCUT2D eigenvalue weighted by Gasteiger charge is 2.10. The minimum Gasteiger partial charge on any atom is -0.496 e. The first-order valence-electron chi connectivity index (χ1n) is 7.18. The fourth-order valence-corrected chi connectivity index (χ4v) is 2.27. The number of hydrogen-bond donors (Lipinski definition) is 0. The Hall–Kier alpha value is -1.74. The van der Waals surface area contributed by atoms with E-state index >= 15 is 0 Å². The predicted octanol–water partition coefficient (Wildman–Crippen LogP) is 3.87. The van der Waals surface area contributed by atoms with Crippen molar-refractivity contribution in [3.8, 4) is 5.75 Å². The molecule has 0 N–H and O–H groups in total. The summed E-state index contributed by atoms with van der Waals surface area (Å²) < 4.78 is 11.2. The van der Waals surface area contributed by atoms with Crippen LogP contribution in [-0.2, 0) is 19.5 Å². The molecule has 0 fully saturated rings. The molecular weight excluding hydrogens is 250 g/mol. The lowest BCUT2D eigenvalue weighted by molar-refractivity contribution is 0.242. The maximum atomic E-state index is 5.79. The van der Waals surface area contributed by atoms with E-state index in [1.807, 2.05) is 18.2 Å². The normalized spacial score (nSPS) is 11.0. The van der Waals surface area contributed by atoms with Crippen molar-refractivity contribution in [1.82, 2.24) is 4.90 Å². The maximum absolute atomic E-state index is 5.79. The summed E-state index contributed by atoms with van der Waals surface area (Å²) in [4.78, 5) is 2.34. The largest absolute Gasteiger partial charge is 0.496 e. The highest BCUT2D eigenvalue weighted by molar-refractivity contribution is 5.33. The summed E-state index contributed by atoms with van der Waals surface area (Å²) >= 11 is 0. The highest BCUT2D eigenvalue weighted by Crippen LogP contribution is 2.20. The van der Waals surface area contributed by atoms with Gasteiger partial charge < -0.3 is 9.15 Å². The second-order valence-electron chi connectivity index (χ2n) is 4.84. The number of para-hydroxylation sites is 1. The molecule has 0 saturated carbocycles. The van der Waals surface area contributed by atoms with Gasteiger partial charge in [0.25, 0.3) is 0 Å². The zero-order chi connectivity index (χ0) is 14.4. The average Bonchev–Trinajstić information content (AvgIpc) is 2.94. The molecule has 1 aromatic carbocycles. The van der Waals surface area contributed by atoms with Gasteiger partial charge in [0.05, 0.1) is 13.7 Å². The van der Waals surface area contributed by atoms with Gasteiger partial charge in [-0.15, -0.1) is 0 Å². The first kappa shape index (κ1) is 14.7. The Bertz CT molecular complexity index is 533. The van der Waals surface area contributed by atoms with Crippen LogP contribution in [0.5, 0.6) is 5.75 Å². The van der Waals surface area contributed by atoms with Crippen molar-refractivity contribution < 1.29 is 9.15 Å². The van der Waals surface area contributed by atoms with Crippen LogP contribution in [0.25, 0.3) is 0 Å². The Morgan fingerprint density at radius 3 is 2.40 bits per heavy atom. The minimum atomic E-state index is 0.828. The van der Waals surface area contributed by atoms with Gasteiger partial charge in [-0.25, -0.2) is 0 Å². The zero-order valence-corrected chi connectivity index (χ0v) is 12.6. The Morgan fingerprint density at radius 1 is 1.00 bits per heavy atom. The number of furan rings is 1. The van der Waals surface area contributed by atoms with Gasteiger partial charge in [0.15, 0.2) is 0 Å². The first-order chi connectivity index (χ1) is 9.76. The molecule has 3 heteroatoms. The summed E-state index contributed by atoms with van der Waals surface area (Å²) in [5.74, 6) is 3.02. The van der Waals surface area contributed by atoms with Crippen LogP contribution in [0.1, 0.15) is 30.9 Å². The molecule has 0 spiro atoms. The molecule has 0 aliphatic rings. The molecule has 0 amide bonds. The molecule has 108 valence electrons. The van der Waals surface area contributed by atoms with Crippen LogP contribution in [-0.4, -0.2) is 18.6 Å². The fourth-order valence-electron chi connectivity index (χ4n) is 2.27. The van der Waals surface area contributed by atoms with E-state index < -0.39 is 0 Å². The number of hydrogen-bond acceptors (Lipinski definition) is 3. The third-order valence-corrected chi connectivity index (χ3v) is 3.48. The SMILES string of the molecule is CCc1ccc(CN(CC)Cc2ccccc2OC)o1. The Kier molecular flexibility index (Phi) is 5.24. The number of rotatable bonds is 7. The van der Waals surface area contributed by atoms with Crippen LogP contribution in [0.3, 0.4) is 0 Å². The van der Waals surface area contributed by atoms with Crippen molar-refractivity contribution in [2.75, 3.05) is 13.7 Å². The van der Waals surface area contributed by atoms with E-state index in [1.54, 1.807) is 7.11 Å². The molecule has 0 unspecified atom stereocenters. The van der Waals surface area contributed by atoms with E-state index in [2.05, 4.69) is 36.9 Å². The summed E-state index contributed by atoms with van der Waals surface area (Å²) in [5.41, 5.74) is 1.21. The van der Waals surface area contributed by atoms with Gasteiger partial charge in [0, 0.05) is 18.5 Å².